The van der Waals surface area contributed by atoms with E-state index in [0.717, 1.165) is 16.7 Å². The number of rotatable bonds is 13. The van der Waals surface area contributed by atoms with E-state index >= 15 is 0 Å². The number of ether oxygens (including phenoxy) is 3. The molecule has 0 saturated heterocycles. The van der Waals surface area contributed by atoms with Crippen molar-refractivity contribution in [3.8, 4) is 0 Å². The zero-order valence-electron chi connectivity index (χ0n) is 17.7. The molecule has 3 aromatic carbocycles. The zero-order valence-corrected chi connectivity index (χ0v) is 18.4. The standard InChI is InChI=1S/C26H27ClO5/c27-26(29)25(32-18-22-14-8-3-9-15-22)24(31-17-21-12-6-2-7-13-21)23(28)19-30-16-20-10-4-1-5-11-20/h1-15,23-25,28H,16-19H2. The predicted octanol–water partition coefficient (Wildman–Crippen LogP) is 4.50. The Balaban J connectivity index is 1.66. The summed E-state index contributed by atoms with van der Waals surface area (Å²) in [5, 5.41) is 10.1. The van der Waals surface area contributed by atoms with E-state index < -0.39 is 23.6 Å². The summed E-state index contributed by atoms with van der Waals surface area (Å²) in [5.74, 6) is 0. The monoisotopic (exact) mass is 454 g/mol. The molecule has 0 fully saturated rings. The first-order chi connectivity index (χ1) is 15.6. The molecule has 0 aliphatic heterocycles. The predicted molar refractivity (Wildman–Crippen MR) is 123 cm³/mol. The quantitative estimate of drug-likeness (QED) is 0.385. The first-order valence-corrected chi connectivity index (χ1v) is 10.8. The van der Waals surface area contributed by atoms with Crippen molar-refractivity contribution < 1.29 is 24.1 Å². The normalized spacial score (nSPS) is 13.9. The molecular formula is C26H27ClO5. The number of benzene rings is 3. The first-order valence-electron chi connectivity index (χ1n) is 10.4. The average molecular weight is 455 g/mol. The van der Waals surface area contributed by atoms with Crippen molar-refractivity contribution in [2.45, 2.75) is 38.1 Å². The van der Waals surface area contributed by atoms with E-state index in [1.54, 1.807) is 0 Å². The molecule has 0 aliphatic rings. The SMILES string of the molecule is O=C(Cl)C(OCc1ccccc1)C(OCc1ccccc1)C(O)COCc1ccccc1. The van der Waals surface area contributed by atoms with Gasteiger partial charge in [-0.25, -0.2) is 0 Å². The van der Waals surface area contributed by atoms with Gasteiger partial charge in [0, 0.05) is 0 Å². The molecule has 0 saturated carbocycles. The van der Waals surface area contributed by atoms with Crippen LogP contribution in [-0.4, -0.2) is 35.3 Å². The van der Waals surface area contributed by atoms with Gasteiger partial charge in [-0.2, -0.15) is 0 Å². The summed E-state index contributed by atoms with van der Waals surface area (Å²) in [6.07, 6.45) is -3.28. The third-order valence-corrected chi connectivity index (χ3v) is 5.07. The highest BCUT2D eigenvalue weighted by Gasteiger charge is 2.35. The van der Waals surface area contributed by atoms with Crippen LogP contribution in [0, 0.1) is 0 Å². The molecule has 168 valence electrons. The van der Waals surface area contributed by atoms with Gasteiger partial charge in [-0.15, -0.1) is 0 Å². The summed E-state index contributed by atoms with van der Waals surface area (Å²) >= 11 is 5.86. The van der Waals surface area contributed by atoms with E-state index in [1.165, 1.54) is 0 Å². The van der Waals surface area contributed by atoms with Crippen LogP contribution in [0.1, 0.15) is 16.7 Å². The second-order valence-electron chi connectivity index (χ2n) is 7.35. The molecule has 3 rings (SSSR count). The van der Waals surface area contributed by atoms with Gasteiger partial charge in [0.1, 0.15) is 12.2 Å². The summed E-state index contributed by atoms with van der Waals surface area (Å²) < 4.78 is 17.4. The van der Waals surface area contributed by atoms with Crippen molar-refractivity contribution in [3.63, 3.8) is 0 Å². The summed E-state index contributed by atoms with van der Waals surface area (Å²) in [6, 6.07) is 28.5. The minimum Gasteiger partial charge on any atom is -0.388 e. The average Bonchev–Trinajstić information content (AvgIpc) is 2.83. The topological polar surface area (TPSA) is 65.0 Å². The fraction of sp³-hybridized carbons (Fsp3) is 0.269. The Kier molecular flexibility index (Phi) is 9.88. The number of halogens is 1. The fourth-order valence-corrected chi connectivity index (χ4v) is 3.37. The van der Waals surface area contributed by atoms with Crippen molar-refractivity contribution in [1.82, 2.24) is 0 Å². The van der Waals surface area contributed by atoms with E-state index in [4.69, 9.17) is 25.8 Å². The number of aliphatic hydroxyl groups is 1. The zero-order chi connectivity index (χ0) is 22.6. The Morgan fingerprint density at radius 3 is 1.62 bits per heavy atom. The van der Waals surface area contributed by atoms with Gasteiger partial charge in [0.15, 0.2) is 6.10 Å². The Morgan fingerprint density at radius 1 is 0.719 bits per heavy atom. The second-order valence-corrected chi connectivity index (χ2v) is 7.72. The molecular weight excluding hydrogens is 428 g/mol. The van der Waals surface area contributed by atoms with E-state index in [9.17, 15) is 9.90 Å². The van der Waals surface area contributed by atoms with E-state index in [-0.39, 0.29) is 19.8 Å². The molecule has 3 aromatic rings. The van der Waals surface area contributed by atoms with Crippen LogP contribution in [0.2, 0.25) is 0 Å². The molecule has 5 nitrogen and oxygen atoms in total. The number of carbonyl (C=O) groups excluding carboxylic acids is 1. The first kappa shape index (κ1) is 24.1. The maximum atomic E-state index is 12.2. The van der Waals surface area contributed by atoms with Gasteiger partial charge in [-0.3, -0.25) is 4.79 Å². The molecule has 0 heterocycles. The van der Waals surface area contributed by atoms with Gasteiger partial charge in [0.05, 0.1) is 26.4 Å². The molecule has 3 unspecified atom stereocenters. The molecule has 3 atom stereocenters. The molecule has 6 heteroatoms. The van der Waals surface area contributed by atoms with Gasteiger partial charge in [-0.05, 0) is 28.3 Å². The van der Waals surface area contributed by atoms with E-state index in [0.29, 0.717) is 6.61 Å². The molecule has 0 bridgehead atoms. The van der Waals surface area contributed by atoms with Gasteiger partial charge >= 0.3 is 0 Å². The Bertz CT molecular complexity index is 921. The second kappa shape index (κ2) is 13.1. The molecule has 32 heavy (non-hydrogen) atoms. The fourth-order valence-electron chi connectivity index (χ4n) is 3.18. The van der Waals surface area contributed by atoms with Gasteiger partial charge in [-0.1, -0.05) is 91.0 Å². The minimum atomic E-state index is -1.16. The highest BCUT2D eigenvalue weighted by molar-refractivity contribution is 6.64. The summed E-state index contributed by atoms with van der Waals surface area (Å²) in [7, 11) is 0. The van der Waals surface area contributed by atoms with Crippen molar-refractivity contribution in [2.24, 2.45) is 0 Å². The van der Waals surface area contributed by atoms with Crippen molar-refractivity contribution in [1.29, 1.82) is 0 Å². The van der Waals surface area contributed by atoms with Crippen LogP contribution in [0.5, 0.6) is 0 Å². The maximum absolute atomic E-state index is 12.2. The molecule has 1 N–H and O–H groups in total. The van der Waals surface area contributed by atoms with Crippen molar-refractivity contribution in [3.05, 3.63) is 108 Å². The van der Waals surface area contributed by atoms with Crippen LogP contribution in [0.3, 0.4) is 0 Å². The largest absolute Gasteiger partial charge is 0.388 e. The Hall–Kier alpha value is -2.54. The summed E-state index contributed by atoms with van der Waals surface area (Å²) in [6.45, 7) is 0.640. The Morgan fingerprint density at radius 2 is 1.16 bits per heavy atom. The van der Waals surface area contributed by atoms with Crippen molar-refractivity contribution in [2.75, 3.05) is 6.61 Å². The highest BCUT2D eigenvalue weighted by Crippen LogP contribution is 2.18. The highest BCUT2D eigenvalue weighted by atomic mass is 35.5. The summed E-state index contributed by atoms with van der Waals surface area (Å²) in [5.41, 5.74) is 2.76. The van der Waals surface area contributed by atoms with Crippen LogP contribution in [0.15, 0.2) is 91.0 Å². The molecule has 0 amide bonds. The smallest absolute Gasteiger partial charge is 0.253 e. The number of hydrogen-bond donors (Lipinski definition) is 1. The van der Waals surface area contributed by atoms with Crippen molar-refractivity contribution >= 4 is 16.8 Å². The molecule has 0 spiro atoms. The number of carbonyl (C=O) groups is 1. The number of hydrogen-bond acceptors (Lipinski definition) is 5. The van der Waals surface area contributed by atoms with Gasteiger partial charge in [0.2, 0.25) is 0 Å². The maximum Gasteiger partial charge on any atom is 0.253 e. The molecule has 0 radical (unpaired) electrons. The Labute approximate surface area is 193 Å². The van der Waals surface area contributed by atoms with Gasteiger partial charge < -0.3 is 19.3 Å². The molecule has 0 aromatic heterocycles. The molecule has 0 aliphatic carbocycles. The van der Waals surface area contributed by atoms with Gasteiger partial charge in [0.25, 0.3) is 5.24 Å². The van der Waals surface area contributed by atoms with Crippen LogP contribution >= 0.6 is 11.6 Å². The number of aliphatic hydroxyl groups excluding tert-OH is 1. The third-order valence-electron chi connectivity index (χ3n) is 4.86. The minimum absolute atomic E-state index is 0.0380. The third kappa shape index (κ3) is 7.86. The lowest BCUT2D eigenvalue weighted by molar-refractivity contribution is -0.159. The van der Waals surface area contributed by atoms with Crippen LogP contribution in [0.4, 0.5) is 0 Å². The van der Waals surface area contributed by atoms with Crippen LogP contribution < -0.4 is 0 Å². The summed E-state index contributed by atoms with van der Waals surface area (Å²) in [4.78, 5) is 12.2. The lowest BCUT2D eigenvalue weighted by Gasteiger charge is -2.29. The van der Waals surface area contributed by atoms with Crippen LogP contribution in [0.25, 0.3) is 0 Å². The van der Waals surface area contributed by atoms with E-state index in [1.807, 2.05) is 91.0 Å². The van der Waals surface area contributed by atoms with E-state index in [2.05, 4.69) is 0 Å². The van der Waals surface area contributed by atoms with Crippen LogP contribution in [-0.2, 0) is 38.8 Å². The lowest BCUT2D eigenvalue weighted by atomic mass is 10.1. The lowest BCUT2D eigenvalue weighted by Crippen LogP contribution is -2.46.